The number of carbonyl (C=O) groups excluding carboxylic acids is 1. The Hall–Kier alpha value is -4.70. The number of thiazole rings is 1. The molecule has 5 rings (SSSR count). The topological polar surface area (TPSA) is 120 Å². The minimum Gasteiger partial charge on any atom is -0.491 e. The molecule has 9 nitrogen and oxygen atoms in total. The van der Waals surface area contributed by atoms with Crippen molar-refractivity contribution in [3.63, 3.8) is 0 Å². The van der Waals surface area contributed by atoms with Crippen LogP contribution in [0.1, 0.15) is 55.4 Å². The number of hydrogen-bond donors (Lipinski definition) is 1. The quantitative estimate of drug-likeness (QED) is 0.308. The van der Waals surface area contributed by atoms with Gasteiger partial charge in [-0.2, -0.15) is 0 Å². The number of esters is 1. The van der Waals surface area contributed by atoms with Gasteiger partial charge in [-0.25, -0.2) is 14.6 Å². The van der Waals surface area contributed by atoms with E-state index in [4.69, 9.17) is 13.9 Å². The molecule has 0 saturated heterocycles. The summed E-state index contributed by atoms with van der Waals surface area (Å²) >= 11 is 1.19. The number of fused-ring (bicyclic) bond motifs is 1. The first-order chi connectivity index (χ1) is 19.7. The zero-order valence-corrected chi connectivity index (χ0v) is 23.7. The van der Waals surface area contributed by atoms with Gasteiger partial charge in [-0.1, -0.05) is 35.6 Å². The van der Waals surface area contributed by atoms with Gasteiger partial charge < -0.3 is 19.0 Å². The maximum absolute atomic E-state index is 13.8. The second-order valence-electron chi connectivity index (χ2n) is 9.63. The molecule has 4 aromatic rings. The van der Waals surface area contributed by atoms with Crippen LogP contribution in [0.2, 0.25) is 0 Å². The van der Waals surface area contributed by atoms with E-state index in [2.05, 4.69) is 4.99 Å². The lowest BCUT2D eigenvalue weighted by Crippen LogP contribution is -2.39. The third-order valence-corrected chi connectivity index (χ3v) is 7.36. The van der Waals surface area contributed by atoms with Crippen LogP contribution in [-0.4, -0.2) is 34.3 Å². The summed E-state index contributed by atoms with van der Waals surface area (Å²) in [5.41, 5.74) is 1.89. The average Bonchev–Trinajstić information content (AvgIpc) is 3.52. The lowest BCUT2D eigenvalue weighted by atomic mass is 9.96. The summed E-state index contributed by atoms with van der Waals surface area (Å²) in [6.45, 7) is 7.52. The molecule has 0 aliphatic carbocycles. The largest absolute Gasteiger partial charge is 0.491 e. The molecule has 1 aliphatic rings. The van der Waals surface area contributed by atoms with Crippen molar-refractivity contribution in [2.75, 3.05) is 6.61 Å². The predicted molar refractivity (Wildman–Crippen MR) is 154 cm³/mol. The van der Waals surface area contributed by atoms with E-state index < -0.39 is 18.0 Å². The number of aromatic nitrogens is 1. The second-order valence-corrected chi connectivity index (χ2v) is 10.6. The summed E-state index contributed by atoms with van der Waals surface area (Å²) in [4.78, 5) is 43.3. The van der Waals surface area contributed by atoms with Gasteiger partial charge in [0, 0.05) is 11.6 Å². The first-order valence-corrected chi connectivity index (χ1v) is 13.9. The Morgan fingerprint density at radius 2 is 1.90 bits per heavy atom. The van der Waals surface area contributed by atoms with Crippen LogP contribution in [-0.2, 0) is 9.53 Å². The smallest absolute Gasteiger partial charge is 0.338 e. The predicted octanol–water partition coefficient (Wildman–Crippen LogP) is 4.54. The van der Waals surface area contributed by atoms with Crippen LogP contribution in [0.4, 0.5) is 0 Å². The van der Waals surface area contributed by atoms with Gasteiger partial charge in [0.1, 0.15) is 17.3 Å². The second kappa shape index (κ2) is 11.4. The number of furan rings is 1. The maximum Gasteiger partial charge on any atom is 0.338 e. The fourth-order valence-corrected chi connectivity index (χ4v) is 5.65. The molecule has 0 radical (unpaired) electrons. The van der Waals surface area contributed by atoms with Crippen LogP contribution >= 0.6 is 11.3 Å². The van der Waals surface area contributed by atoms with E-state index in [1.54, 1.807) is 44.2 Å². The molecule has 0 spiro atoms. The molecule has 0 fully saturated rings. The fourth-order valence-electron chi connectivity index (χ4n) is 4.63. The van der Waals surface area contributed by atoms with E-state index in [9.17, 15) is 19.5 Å². The lowest BCUT2D eigenvalue weighted by Gasteiger charge is -2.25. The Labute approximate surface area is 239 Å². The van der Waals surface area contributed by atoms with Gasteiger partial charge in [0.2, 0.25) is 0 Å². The van der Waals surface area contributed by atoms with E-state index in [0.29, 0.717) is 49.0 Å². The number of carboxylic acid groups (broad SMARTS) is 1. The summed E-state index contributed by atoms with van der Waals surface area (Å²) in [5.74, 6) is -0.00562. The Morgan fingerprint density at radius 3 is 2.59 bits per heavy atom. The number of allylic oxidation sites excluding steroid dienone is 1. The number of benzene rings is 2. The summed E-state index contributed by atoms with van der Waals surface area (Å²) in [6, 6.07) is 16.4. The van der Waals surface area contributed by atoms with Crippen LogP contribution in [0.15, 0.2) is 86.1 Å². The highest BCUT2D eigenvalue weighted by molar-refractivity contribution is 7.07. The zero-order valence-electron chi connectivity index (χ0n) is 22.9. The third-order valence-electron chi connectivity index (χ3n) is 6.38. The Kier molecular flexibility index (Phi) is 7.76. The van der Waals surface area contributed by atoms with Crippen molar-refractivity contribution in [1.29, 1.82) is 0 Å². The van der Waals surface area contributed by atoms with E-state index in [1.165, 1.54) is 28.0 Å². The SMILES string of the molecule is CCOC(=O)C1=C(C)N=c2s/c(=C\c3ccc(-c4cccc(C(=O)O)c4)o3)c(=O)n2[C@H]1c1ccc(OC(C)C)cc1. The van der Waals surface area contributed by atoms with E-state index in [-0.39, 0.29) is 23.8 Å². The standard InChI is InChI=1S/C31H28N2O7S/c1-5-38-30(37)26-18(4)32-31-33(27(26)19-9-11-22(12-10-19)39-17(2)3)28(34)25(41-31)16-23-13-14-24(40-23)20-7-6-8-21(15-20)29(35)36/h6-17,27H,5H2,1-4H3,(H,35,36)/b25-16-/t27-/m0/s1. The lowest BCUT2D eigenvalue weighted by molar-refractivity contribution is -0.139. The third kappa shape index (κ3) is 5.64. The zero-order chi connectivity index (χ0) is 29.3. The minimum absolute atomic E-state index is 0.000942. The molecule has 0 saturated carbocycles. The average molecular weight is 573 g/mol. The van der Waals surface area contributed by atoms with Crippen LogP contribution in [0.3, 0.4) is 0 Å². The van der Waals surface area contributed by atoms with Crippen molar-refractivity contribution in [2.45, 2.75) is 39.8 Å². The summed E-state index contributed by atoms with van der Waals surface area (Å²) in [7, 11) is 0. The number of carboxylic acids is 1. The van der Waals surface area contributed by atoms with Crippen molar-refractivity contribution in [3.05, 3.63) is 109 Å². The fraction of sp³-hybridized carbons (Fsp3) is 0.226. The highest BCUT2D eigenvalue weighted by Gasteiger charge is 2.33. The monoisotopic (exact) mass is 572 g/mol. The van der Waals surface area contributed by atoms with E-state index in [1.807, 2.05) is 38.1 Å². The Morgan fingerprint density at radius 1 is 1.15 bits per heavy atom. The minimum atomic E-state index is -1.03. The summed E-state index contributed by atoms with van der Waals surface area (Å²) < 4.78 is 18.9. The molecule has 0 bridgehead atoms. The highest BCUT2D eigenvalue weighted by atomic mass is 32.1. The molecule has 0 unspecified atom stereocenters. The highest BCUT2D eigenvalue weighted by Crippen LogP contribution is 2.32. The van der Waals surface area contributed by atoms with Crippen molar-refractivity contribution in [3.8, 4) is 17.1 Å². The van der Waals surface area contributed by atoms with Crippen LogP contribution in [0.25, 0.3) is 17.4 Å². The molecule has 41 heavy (non-hydrogen) atoms. The molecule has 1 atom stereocenters. The molecule has 0 amide bonds. The van der Waals surface area contributed by atoms with Gasteiger partial charge in [-0.05, 0) is 69.7 Å². The van der Waals surface area contributed by atoms with Crippen molar-refractivity contribution < 1.29 is 28.6 Å². The maximum atomic E-state index is 13.8. The van der Waals surface area contributed by atoms with Gasteiger partial charge in [-0.15, -0.1) is 0 Å². The molecule has 10 heteroatoms. The number of rotatable bonds is 8. The molecular weight excluding hydrogens is 544 g/mol. The first kappa shape index (κ1) is 27.9. The number of hydrogen-bond acceptors (Lipinski definition) is 8. The van der Waals surface area contributed by atoms with E-state index >= 15 is 0 Å². The van der Waals surface area contributed by atoms with Gasteiger partial charge in [-0.3, -0.25) is 9.36 Å². The van der Waals surface area contributed by atoms with Crippen molar-refractivity contribution in [2.24, 2.45) is 4.99 Å². The normalized spacial score (nSPS) is 15.0. The van der Waals surface area contributed by atoms with Gasteiger partial charge in [0.15, 0.2) is 4.80 Å². The number of carbonyl (C=O) groups is 2. The Bertz CT molecular complexity index is 1840. The molecule has 1 N–H and O–H groups in total. The number of ether oxygens (including phenoxy) is 2. The van der Waals surface area contributed by atoms with Gasteiger partial charge in [0.25, 0.3) is 5.56 Å². The molecule has 2 aromatic heterocycles. The summed E-state index contributed by atoms with van der Waals surface area (Å²) in [5, 5.41) is 9.30. The first-order valence-electron chi connectivity index (χ1n) is 13.1. The van der Waals surface area contributed by atoms with Gasteiger partial charge >= 0.3 is 11.9 Å². The molecule has 1 aliphatic heterocycles. The number of aromatic carboxylic acids is 1. The van der Waals surface area contributed by atoms with Crippen LogP contribution in [0, 0.1) is 0 Å². The number of nitrogens with zero attached hydrogens (tertiary/aromatic N) is 2. The molecule has 2 aromatic carbocycles. The van der Waals surface area contributed by atoms with Crippen LogP contribution < -0.4 is 19.6 Å². The Balaban J connectivity index is 1.59. The van der Waals surface area contributed by atoms with Gasteiger partial charge in [0.05, 0.1) is 40.1 Å². The van der Waals surface area contributed by atoms with Crippen molar-refractivity contribution >= 4 is 29.4 Å². The summed E-state index contributed by atoms with van der Waals surface area (Å²) in [6.07, 6.45) is 1.62. The molecular formula is C31H28N2O7S. The molecule has 3 heterocycles. The van der Waals surface area contributed by atoms with Crippen molar-refractivity contribution in [1.82, 2.24) is 4.57 Å². The molecule has 210 valence electrons. The van der Waals surface area contributed by atoms with E-state index in [0.717, 1.165) is 0 Å². The van der Waals surface area contributed by atoms with Crippen LogP contribution in [0.5, 0.6) is 5.75 Å².